The number of likely N-dealkylation sites (tertiary alicyclic amines) is 1. The fourth-order valence-corrected chi connectivity index (χ4v) is 5.14. The Morgan fingerprint density at radius 3 is 2.62 bits per heavy atom. The van der Waals surface area contributed by atoms with E-state index in [2.05, 4.69) is 25.6 Å². The van der Waals surface area contributed by atoms with Crippen LogP contribution in [0.1, 0.15) is 44.4 Å². The molecule has 4 rings (SSSR count). The van der Waals surface area contributed by atoms with Crippen LogP contribution >= 0.6 is 0 Å². The summed E-state index contributed by atoms with van der Waals surface area (Å²) in [5.41, 5.74) is 8.70. The number of nitrogens with two attached hydrogens (primary N) is 1. The number of amides is 3. The summed E-state index contributed by atoms with van der Waals surface area (Å²) >= 11 is 0. The standard InChI is InChI=1S/C28H37N7O5/c1-3-16(2)24(27(38)35-10-6-9-23(35)28(39)40)34-26(37)22(12-18-14-30-15-32-18)33-25(36)20(29)11-17-13-31-21-8-5-4-7-19(17)21/h4-5,7-8,13-16,20,22-24,31H,3,6,9-12,29H2,1-2H3,(H,30,32)(H,33,36)(H,34,37)(H,39,40). The number of benzene rings is 1. The summed E-state index contributed by atoms with van der Waals surface area (Å²) in [6.45, 7) is 4.03. The maximum Gasteiger partial charge on any atom is 0.326 e. The van der Waals surface area contributed by atoms with Gasteiger partial charge in [-0.15, -0.1) is 0 Å². The second kappa shape index (κ2) is 12.8. The van der Waals surface area contributed by atoms with Gasteiger partial charge in [-0.1, -0.05) is 38.5 Å². The number of hydrogen-bond donors (Lipinski definition) is 6. The van der Waals surface area contributed by atoms with Crippen molar-refractivity contribution in [2.45, 2.75) is 70.1 Å². The Balaban J connectivity index is 1.50. The lowest BCUT2D eigenvalue weighted by Crippen LogP contribution is -2.59. The monoisotopic (exact) mass is 551 g/mol. The summed E-state index contributed by atoms with van der Waals surface area (Å²) in [4.78, 5) is 63.4. The van der Waals surface area contributed by atoms with Gasteiger partial charge in [-0.2, -0.15) is 0 Å². The fraction of sp³-hybridized carbons (Fsp3) is 0.464. The molecule has 1 saturated heterocycles. The van der Waals surface area contributed by atoms with Gasteiger partial charge in [0.25, 0.3) is 0 Å². The number of carbonyl (C=O) groups is 4. The second-order valence-electron chi connectivity index (χ2n) is 10.4. The van der Waals surface area contributed by atoms with E-state index in [0.717, 1.165) is 16.5 Å². The molecular weight excluding hydrogens is 514 g/mol. The zero-order valence-corrected chi connectivity index (χ0v) is 22.7. The average Bonchev–Trinajstić information content (AvgIpc) is 3.72. The van der Waals surface area contributed by atoms with Crippen molar-refractivity contribution in [3.63, 3.8) is 0 Å². The molecule has 1 aromatic carbocycles. The molecule has 1 fully saturated rings. The molecule has 1 aliphatic heterocycles. The Bertz CT molecular complexity index is 1340. The Hall–Kier alpha value is -4.19. The second-order valence-corrected chi connectivity index (χ2v) is 10.4. The summed E-state index contributed by atoms with van der Waals surface area (Å²) in [7, 11) is 0. The predicted molar refractivity (Wildman–Crippen MR) is 148 cm³/mol. The summed E-state index contributed by atoms with van der Waals surface area (Å²) in [6.07, 6.45) is 6.73. The number of nitrogens with zero attached hydrogens (tertiary/aromatic N) is 2. The quantitative estimate of drug-likeness (QED) is 0.194. The fourth-order valence-electron chi connectivity index (χ4n) is 5.14. The number of aliphatic carboxylic acids is 1. The molecule has 0 bridgehead atoms. The highest BCUT2D eigenvalue weighted by Gasteiger charge is 2.40. The van der Waals surface area contributed by atoms with E-state index < -0.39 is 47.9 Å². The molecule has 1 aliphatic rings. The molecule has 12 nitrogen and oxygen atoms in total. The smallest absolute Gasteiger partial charge is 0.326 e. The number of imidazole rings is 1. The van der Waals surface area contributed by atoms with E-state index in [1.54, 1.807) is 6.20 Å². The predicted octanol–water partition coefficient (Wildman–Crippen LogP) is 1.09. The van der Waals surface area contributed by atoms with Crippen molar-refractivity contribution in [1.29, 1.82) is 0 Å². The number of nitrogens with one attached hydrogen (secondary N) is 4. The molecule has 0 spiro atoms. The van der Waals surface area contributed by atoms with Crippen LogP contribution in [0.3, 0.4) is 0 Å². The molecule has 12 heteroatoms. The number of carbonyl (C=O) groups excluding carboxylic acids is 3. The molecule has 0 saturated carbocycles. The van der Waals surface area contributed by atoms with Crippen molar-refractivity contribution in [3.8, 4) is 0 Å². The number of carboxylic acid groups (broad SMARTS) is 1. The van der Waals surface area contributed by atoms with Crippen molar-refractivity contribution in [2.24, 2.45) is 11.7 Å². The number of rotatable bonds is 12. The van der Waals surface area contributed by atoms with E-state index >= 15 is 0 Å². The Morgan fingerprint density at radius 2 is 1.93 bits per heavy atom. The highest BCUT2D eigenvalue weighted by atomic mass is 16.4. The molecule has 7 N–H and O–H groups in total. The number of aromatic amines is 2. The maximum atomic E-state index is 13.6. The van der Waals surface area contributed by atoms with E-state index in [9.17, 15) is 24.3 Å². The van der Waals surface area contributed by atoms with Crippen LogP contribution in [0.25, 0.3) is 10.9 Å². The van der Waals surface area contributed by atoms with Gasteiger partial charge in [0.1, 0.15) is 18.1 Å². The van der Waals surface area contributed by atoms with Crippen LogP contribution in [0.15, 0.2) is 43.0 Å². The van der Waals surface area contributed by atoms with Crippen molar-refractivity contribution in [3.05, 3.63) is 54.2 Å². The first-order chi connectivity index (χ1) is 19.2. The van der Waals surface area contributed by atoms with Gasteiger partial charge in [0.05, 0.1) is 12.4 Å². The lowest BCUT2D eigenvalue weighted by molar-refractivity contribution is -0.150. The highest BCUT2D eigenvalue weighted by molar-refractivity contribution is 5.95. The Kier molecular flexibility index (Phi) is 9.20. The molecular formula is C28H37N7O5. The van der Waals surface area contributed by atoms with E-state index in [4.69, 9.17) is 5.73 Å². The van der Waals surface area contributed by atoms with Gasteiger partial charge in [-0.05, 0) is 36.8 Å². The van der Waals surface area contributed by atoms with Gasteiger partial charge in [0, 0.05) is 42.0 Å². The van der Waals surface area contributed by atoms with Gasteiger partial charge in [-0.3, -0.25) is 14.4 Å². The van der Waals surface area contributed by atoms with Crippen LogP contribution in [0, 0.1) is 5.92 Å². The van der Waals surface area contributed by atoms with Crippen LogP contribution in [-0.2, 0) is 32.0 Å². The molecule has 5 unspecified atom stereocenters. The normalized spacial score (nSPS) is 18.2. The SMILES string of the molecule is CCC(C)C(NC(=O)C(Cc1cnc[nH]1)NC(=O)C(N)Cc1c[nH]c2ccccc12)C(=O)N1CCCC1C(=O)O. The lowest BCUT2D eigenvalue weighted by Gasteiger charge is -2.31. The summed E-state index contributed by atoms with van der Waals surface area (Å²) < 4.78 is 0. The lowest BCUT2D eigenvalue weighted by atomic mass is 9.96. The van der Waals surface area contributed by atoms with Gasteiger partial charge in [0.2, 0.25) is 17.7 Å². The highest BCUT2D eigenvalue weighted by Crippen LogP contribution is 2.22. The van der Waals surface area contributed by atoms with Crippen molar-refractivity contribution in [1.82, 2.24) is 30.5 Å². The minimum absolute atomic E-state index is 0.0975. The maximum absolute atomic E-state index is 13.6. The molecule has 3 heterocycles. The first-order valence-corrected chi connectivity index (χ1v) is 13.6. The molecule has 3 amide bonds. The third-order valence-electron chi connectivity index (χ3n) is 7.66. The van der Waals surface area contributed by atoms with Crippen molar-refractivity contribution >= 4 is 34.6 Å². The van der Waals surface area contributed by atoms with E-state index in [1.807, 2.05) is 44.3 Å². The van der Waals surface area contributed by atoms with Crippen molar-refractivity contribution < 1.29 is 24.3 Å². The van der Waals surface area contributed by atoms with Crippen LogP contribution < -0.4 is 16.4 Å². The third-order valence-corrected chi connectivity index (χ3v) is 7.66. The van der Waals surface area contributed by atoms with E-state index in [-0.39, 0.29) is 18.8 Å². The van der Waals surface area contributed by atoms with Crippen molar-refractivity contribution in [2.75, 3.05) is 6.54 Å². The van der Waals surface area contributed by atoms with Crippen LogP contribution in [0.5, 0.6) is 0 Å². The number of carboxylic acids is 1. The Labute approximate surface area is 232 Å². The number of aromatic nitrogens is 3. The third kappa shape index (κ3) is 6.50. The molecule has 0 radical (unpaired) electrons. The van der Waals surface area contributed by atoms with Crippen LogP contribution in [0.2, 0.25) is 0 Å². The van der Waals surface area contributed by atoms with Crippen LogP contribution in [0.4, 0.5) is 0 Å². The number of H-pyrrole nitrogens is 2. The summed E-state index contributed by atoms with van der Waals surface area (Å²) in [5.74, 6) is -2.84. The molecule has 214 valence electrons. The van der Waals surface area contributed by atoms with Gasteiger partial charge < -0.3 is 36.3 Å². The number of fused-ring (bicyclic) bond motifs is 1. The first kappa shape index (κ1) is 28.8. The van der Waals surface area contributed by atoms with Gasteiger partial charge in [0.15, 0.2) is 0 Å². The Morgan fingerprint density at radius 1 is 1.15 bits per heavy atom. The average molecular weight is 552 g/mol. The van der Waals surface area contributed by atoms with Gasteiger partial charge in [-0.25, -0.2) is 9.78 Å². The topological polar surface area (TPSA) is 186 Å². The minimum atomic E-state index is -1.06. The van der Waals surface area contributed by atoms with Gasteiger partial charge >= 0.3 is 5.97 Å². The number of hydrogen-bond acceptors (Lipinski definition) is 6. The zero-order valence-electron chi connectivity index (χ0n) is 22.7. The molecule has 2 aromatic heterocycles. The largest absolute Gasteiger partial charge is 0.480 e. The zero-order chi connectivity index (χ0) is 28.8. The summed E-state index contributed by atoms with van der Waals surface area (Å²) in [5, 5.41) is 16.1. The molecule has 40 heavy (non-hydrogen) atoms. The summed E-state index contributed by atoms with van der Waals surface area (Å²) in [6, 6.07) is 3.87. The number of para-hydroxylation sites is 1. The molecule has 0 aliphatic carbocycles. The molecule has 3 aromatic rings. The first-order valence-electron chi connectivity index (χ1n) is 13.6. The molecule has 5 atom stereocenters. The minimum Gasteiger partial charge on any atom is -0.480 e. The van der Waals surface area contributed by atoms with E-state index in [0.29, 0.717) is 31.5 Å². The van der Waals surface area contributed by atoms with E-state index in [1.165, 1.54) is 11.2 Å². The van der Waals surface area contributed by atoms with Crippen LogP contribution in [-0.4, -0.2) is 79.4 Å².